The molecule has 624 valence electrons. The van der Waals surface area contributed by atoms with E-state index in [1.807, 2.05) is 0 Å². The summed E-state index contributed by atoms with van der Waals surface area (Å²) < 4.78 is 4.77. The molecule has 0 fully saturated rings. The van der Waals surface area contributed by atoms with Gasteiger partial charge in [-0.2, -0.15) is 0 Å². The van der Waals surface area contributed by atoms with Crippen LogP contribution in [0.5, 0.6) is 0 Å². The quantitative estimate of drug-likeness (QED) is 0.113. The molecule has 0 amide bonds. The average molecular weight is 1690 g/mol. The summed E-state index contributed by atoms with van der Waals surface area (Å²) in [6.45, 7) is 13.9. The molecule has 0 saturated carbocycles. The van der Waals surface area contributed by atoms with E-state index in [1.54, 1.807) is 0 Å². The molecule has 26 rings (SSSR count). The highest BCUT2D eigenvalue weighted by atomic mass is 15.2. The van der Waals surface area contributed by atoms with Gasteiger partial charge in [-0.1, -0.05) is 366 Å². The molecule has 2 aromatic heterocycles. The molecule has 0 aliphatic heterocycles. The number of aromatic nitrogens is 2. The summed E-state index contributed by atoms with van der Waals surface area (Å²) in [6, 6.07) is 166. The van der Waals surface area contributed by atoms with Gasteiger partial charge in [-0.3, -0.25) is 0 Å². The third-order valence-electron chi connectivity index (χ3n) is 28.8. The van der Waals surface area contributed by atoms with Gasteiger partial charge in [-0.05, 0) is 278 Å². The van der Waals surface area contributed by atoms with Crippen molar-refractivity contribution in [1.29, 1.82) is 0 Å². The molecule has 0 atom stereocenters. The van der Waals surface area contributed by atoms with Crippen molar-refractivity contribution in [2.45, 2.75) is 52.4 Å². The third kappa shape index (κ3) is 12.2. The van der Waals surface area contributed by atoms with E-state index < -0.39 is 0 Å². The van der Waals surface area contributed by atoms with Gasteiger partial charge in [0.15, 0.2) is 0 Å². The van der Waals surface area contributed by atoms with Crippen molar-refractivity contribution >= 4 is 142 Å². The Hall–Kier alpha value is -16.4. The van der Waals surface area contributed by atoms with Crippen LogP contribution in [0, 0.1) is 13.8 Å². The van der Waals surface area contributed by atoms with Gasteiger partial charge in [0.25, 0.3) is 0 Å². The van der Waals surface area contributed by atoms with E-state index in [2.05, 4.69) is 509 Å². The van der Waals surface area contributed by atoms with Gasteiger partial charge >= 0.3 is 0 Å². The van der Waals surface area contributed by atoms with Gasteiger partial charge in [0.05, 0.1) is 33.4 Å². The molecule has 2 heterocycles. The van der Waals surface area contributed by atoms with E-state index in [1.165, 1.54) is 208 Å². The number of anilines is 6. The molecule has 0 radical (unpaired) electrons. The highest BCUT2D eigenvalue weighted by Crippen LogP contribution is 2.57. The smallest absolute Gasteiger partial charge is 0.0541 e. The predicted octanol–water partition coefficient (Wildman–Crippen LogP) is 35.3. The summed E-state index contributed by atoms with van der Waals surface area (Å²) in [5, 5.41) is 20.0. The summed E-state index contributed by atoms with van der Waals surface area (Å²) >= 11 is 0. The molecule has 22 aromatic carbocycles. The lowest BCUT2D eigenvalue weighted by Crippen LogP contribution is -2.14. The Morgan fingerprint density at radius 2 is 0.455 bits per heavy atom. The number of aryl methyl sites for hydroxylation is 2. The van der Waals surface area contributed by atoms with Crippen molar-refractivity contribution in [1.82, 2.24) is 9.13 Å². The Labute approximate surface area is 768 Å². The van der Waals surface area contributed by atoms with Gasteiger partial charge < -0.3 is 18.9 Å². The van der Waals surface area contributed by atoms with Gasteiger partial charge in [-0.15, -0.1) is 0 Å². The first-order chi connectivity index (χ1) is 64.9. The van der Waals surface area contributed by atoms with Crippen LogP contribution >= 0.6 is 0 Å². The SMILES string of the molecule is Cc1ccc2c(-c3ccc(N(c4ccccc4)c4ccc(-n5c6ccccc6c6ccccc65)cc4)c4ccccc34)c3ccccc3c(-c3ccc4c(c3)C(C)(C)c3ccccc3-4)c2c1.Cc1ccc2c(-c3ccc4c(c3)C(C)(C)c3ccccc3-4)c3ccccc3c(-c3ccc(N(c4ccccc4)c4ccc(-n5c6ccccc6c6ccccc65)cc4)c4ccccc34)c2c1. The molecule has 0 spiro atoms. The number of rotatable bonds is 12. The fourth-order valence-corrected chi connectivity index (χ4v) is 22.8. The molecule has 24 aromatic rings. The van der Waals surface area contributed by atoms with E-state index in [4.69, 9.17) is 0 Å². The van der Waals surface area contributed by atoms with E-state index in [0.29, 0.717) is 0 Å². The molecular formula is C128H92N4. The third-order valence-corrected chi connectivity index (χ3v) is 28.8. The minimum atomic E-state index is -0.0912. The molecule has 132 heavy (non-hydrogen) atoms. The summed E-state index contributed by atoms with van der Waals surface area (Å²) in [6.07, 6.45) is 0. The van der Waals surface area contributed by atoms with Crippen molar-refractivity contribution in [2.24, 2.45) is 0 Å². The predicted molar refractivity (Wildman–Crippen MR) is 562 cm³/mol. The Morgan fingerprint density at radius 1 is 0.182 bits per heavy atom. The molecule has 4 nitrogen and oxygen atoms in total. The van der Waals surface area contributed by atoms with Crippen molar-refractivity contribution in [2.75, 3.05) is 9.80 Å². The van der Waals surface area contributed by atoms with E-state index >= 15 is 0 Å². The van der Waals surface area contributed by atoms with Crippen molar-refractivity contribution in [3.8, 4) is 78.1 Å². The second kappa shape index (κ2) is 30.7. The number of fused-ring (bicyclic) bond motifs is 18. The molecule has 2 aliphatic carbocycles. The maximum Gasteiger partial charge on any atom is 0.0541 e. The molecule has 4 heteroatoms. The second-order valence-electron chi connectivity index (χ2n) is 37.0. The fraction of sp³-hybridized carbons (Fsp3) is 0.0625. The van der Waals surface area contributed by atoms with Crippen LogP contribution in [-0.4, -0.2) is 9.13 Å². The Bertz CT molecular complexity index is 8740. The zero-order valence-corrected chi connectivity index (χ0v) is 74.5. The minimum Gasteiger partial charge on any atom is -0.310 e. The normalized spacial score (nSPS) is 12.9. The first kappa shape index (κ1) is 77.9. The van der Waals surface area contributed by atoms with Crippen LogP contribution in [0.3, 0.4) is 0 Å². The summed E-state index contributed by atoms with van der Waals surface area (Å²) in [5.74, 6) is 0. The molecule has 0 bridgehead atoms. The zero-order valence-electron chi connectivity index (χ0n) is 74.5. The standard InChI is InChI=1S/2C64H46N2/c1-41-29-35-55-56(39-41)62(42-30-36-48-47-20-11-14-26-57(47)64(2,3)58(48)40-42)52-24-9-10-25-53(52)63(55)54-37-38-61(49-21-8-7-19-46(49)54)65(43-17-5-4-6-18-43)44-31-33-45(34-32-44)66-59-27-15-12-22-50(59)51-23-13-16-28-60(51)66;1-41-29-35-55-56(39-41)63(53-25-10-9-24-52(53)62(55)42-30-36-48-47-20-11-14-26-57(47)64(2,3)58(48)40-42)54-37-38-61(49-21-8-7-19-46(49)54)65(43-17-5-4-6-18-43)44-31-33-45(34-32-44)66-59-27-15-12-22-50(59)51-23-13-16-28-60(51)66/h2*4-40H,1-3H3. The first-order valence-electron chi connectivity index (χ1n) is 46.2. The van der Waals surface area contributed by atoms with Gasteiger partial charge in [0.1, 0.15) is 0 Å². The van der Waals surface area contributed by atoms with Gasteiger partial charge in [0, 0.05) is 77.3 Å². The van der Waals surface area contributed by atoms with Gasteiger partial charge in [-0.25, -0.2) is 0 Å². The van der Waals surface area contributed by atoms with Crippen LogP contribution in [0.25, 0.3) is 186 Å². The molecule has 0 unspecified atom stereocenters. The first-order valence-corrected chi connectivity index (χ1v) is 46.2. The van der Waals surface area contributed by atoms with E-state index in [0.717, 1.165) is 45.5 Å². The highest BCUT2D eigenvalue weighted by molar-refractivity contribution is 6.27. The van der Waals surface area contributed by atoms with Crippen LogP contribution in [0.15, 0.2) is 449 Å². The minimum absolute atomic E-state index is 0.0905. The number of nitrogens with zero attached hydrogens (tertiary/aromatic N) is 4. The summed E-state index contributed by atoms with van der Waals surface area (Å²) in [5.41, 5.74) is 37.1. The van der Waals surface area contributed by atoms with Crippen molar-refractivity contribution in [3.05, 3.63) is 482 Å². The monoisotopic (exact) mass is 1680 g/mol. The molecule has 0 N–H and O–H groups in total. The van der Waals surface area contributed by atoms with Crippen LogP contribution in [0.1, 0.15) is 61.1 Å². The number of para-hydroxylation sites is 6. The Morgan fingerprint density at radius 3 is 0.848 bits per heavy atom. The topological polar surface area (TPSA) is 16.3 Å². The van der Waals surface area contributed by atoms with Crippen molar-refractivity contribution < 1.29 is 0 Å². The lowest BCUT2D eigenvalue weighted by molar-refractivity contribution is 0.660. The number of hydrogen-bond acceptors (Lipinski definition) is 2. The Kier molecular flexibility index (Phi) is 18.1. The summed E-state index contributed by atoms with van der Waals surface area (Å²) in [4.78, 5) is 4.83. The fourth-order valence-electron chi connectivity index (χ4n) is 22.8. The maximum absolute atomic E-state index is 2.48. The summed E-state index contributed by atoms with van der Waals surface area (Å²) in [7, 11) is 0. The van der Waals surface area contributed by atoms with Crippen LogP contribution in [-0.2, 0) is 10.8 Å². The van der Waals surface area contributed by atoms with E-state index in [9.17, 15) is 0 Å². The maximum atomic E-state index is 2.48. The van der Waals surface area contributed by atoms with Crippen molar-refractivity contribution in [3.63, 3.8) is 0 Å². The highest BCUT2D eigenvalue weighted by Gasteiger charge is 2.38. The van der Waals surface area contributed by atoms with Crippen LogP contribution in [0.4, 0.5) is 34.1 Å². The van der Waals surface area contributed by atoms with Crippen LogP contribution < -0.4 is 9.80 Å². The zero-order chi connectivity index (χ0) is 88.2. The lowest BCUT2D eigenvalue weighted by Gasteiger charge is -2.28. The molecular weight excluding hydrogens is 1590 g/mol. The lowest BCUT2D eigenvalue weighted by atomic mass is 9.80. The van der Waals surface area contributed by atoms with Gasteiger partial charge in [0.2, 0.25) is 0 Å². The molecule has 0 saturated heterocycles. The van der Waals surface area contributed by atoms with Crippen LogP contribution in [0.2, 0.25) is 0 Å². The number of hydrogen-bond donors (Lipinski definition) is 0. The second-order valence-corrected chi connectivity index (χ2v) is 37.0. The number of benzene rings is 22. The molecule has 2 aliphatic rings. The largest absolute Gasteiger partial charge is 0.310 e. The average Bonchev–Trinajstić information content (AvgIpc) is 1.18. The Balaban J connectivity index is 0.000000142. The van der Waals surface area contributed by atoms with E-state index in [-0.39, 0.29) is 10.8 Å².